The molecule has 6 nitrogen and oxygen atoms in total. The minimum atomic E-state index is -0.270. The molecule has 0 bridgehead atoms. The van der Waals surface area contributed by atoms with Gasteiger partial charge in [0.1, 0.15) is 0 Å². The number of carbonyl (C=O) groups is 1. The second-order valence-corrected chi connectivity index (χ2v) is 7.37. The zero-order chi connectivity index (χ0) is 18.5. The predicted octanol–water partition coefficient (Wildman–Crippen LogP) is 2.98. The molecular formula is C19H21N5OS. The molecule has 0 aliphatic heterocycles. The summed E-state index contributed by atoms with van der Waals surface area (Å²) in [6, 6.07) is 11.9. The van der Waals surface area contributed by atoms with Gasteiger partial charge in [0.05, 0.1) is 5.25 Å². The van der Waals surface area contributed by atoms with E-state index in [-0.39, 0.29) is 11.2 Å². The van der Waals surface area contributed by atoms with E-state index in [2.05, 4.69) is 20.5 Å². The van der Waals surface area contributed by atoms with Crippen molar-refractivity contribution in [3.63, 3.8) is 0 Å². The van der Waals surface area contributed by atoms with E-state index in [1.807, 2.05) is 61.9 Å². The number of rotatable bonds is 6. The number of thioether (sulfide) groups is 1. The van der Waals surface area contributed by atoms with Crippen LogP contribution in [-0.4, -0.2) is 30.9 Å². The normalized spacial score (nSPS) is 12.0. The predicted molar refractivity (Wildman–Crippen MR) is 103 cm³/mol. The Morgan fingerprint density at radius 2 is 1.85 bits per heavy atom. The highest BCUT2D eigenvalue weighted by molar-refractivity contribution is 8.00. The summed E-state index contributed by atoms with van der Waals surface area (Å²) in [5.41, 5.74) is 3.23. The van der Waals surface area contributed by atoms with E-state index >= 15 is 0 Å². The van der Waals surface area contributed by atoms with Gasteiger partial charge in [-0.2, -0.15) is 0 Å². The first-order valence-electron chi connectivity index (χ1n) is 8.34. The first-order valence-corrected chi connectivity index (χ1v) is 9.22. The van der Waals surface area contributed by atoms with Crippen molar-refractivity contribution in [2.45, 2.75) is 30.8 Å². The minimum Gasteiger partial charge on any atom is -0.351 e. The van der Waals surface area contributed by atoms with Crippen molar-refractivity contribution in [3.8, 4) is 11.4 Å². The molecule has 1 amide bonds. The molecule has 0 saturated heterocycles. The first kappa shape index (κ1) is 18.1. The molecule has 7 heteroatoms. The van der Waals surface area contributed by atoms with Crippen molar-refractivity contribution in [2.75, 3.05) is 0 Å². The first-order chi connectivity index (χ1) is 12.5. The molecule has 0 fully saturated rings. The number of aromatic nitrogens is 4. The number of nitrogens with zero attached hydrogens (tertiary/aromatic N) is 4. The van der Waals surface area contributed by atoms with Gasteiger partial charge in [-0.05, 0) is 31.5 Å². The Labute approximate surface area is 157 Å². The summed E-state index contributed by atoms with van der Waals surface area (Å²) in [4.78, 5) is 16.4. The molecular weight excluding hydrogens is 346 g/mol. The average molecular weight is 367 g/mol. The molecule has 3 rings (SSSR count). The molecule has 0 spiro atoms. The number of benzene rings is 1. The van der Waals surface area contributed by atoms with E-state index in [9.17, 15) is 4.79 Å². The van der Waals surface area contributed by atoms with Crippen LogP contribution in [0.2, 0.25) is 0 Å². The molecule has 26 heavy (non-hydrogen) atoms. The number of aryl methyl sites for hydroxylation is 1. The van der Waals surface area contributed by atoms with Gasteiger partial charge in [0.25, 0.3) is 0 Å². The summed E-state index contributed by atoms with van der Waals surface area (Å²) < 4.78 is 1.89. The topological polar surface area (TPSA) is 72.7 Å². The molecule has 134 valence electrons. The zero-order valence-corrected chi connectivity index (χ0v) is 15.8. The van der Waals surface area contributed by atoms with Crippen LogP contribution in [0, 0.1) is 6.92 Å². The molecule has 0 saturated carbocycles. The monoisotopic (exact) mass is 367 g/mol. The highest BCUT2D eigenvalue weighted by atomic mass is 32.2. The van der Waals surface area contributed by atoms with Gasteiger partial charge in [-0.15, -0.1) is 10.2 Å². The fourth-order valence-corrected chi connectivity index (χ4v) is 3.26. The minimum absolute atomic E-state index is 0.0240. The lowest BCUT2D eigenvalue weighted by atomic mass is 10.1. The number of carbonyl (C=O) groups excluding carboxylic acids is 1. The summed E-state index contributed by atoms with van der Waals surface area (Å²) in [7, 11) is 1.90. The van der Waals surface area contributed by atoms with Crippen LogP contribution in [0.1, 0.15) is 18.1 Å². The third kappa shape index (κ3) is 4.29. The fourth-order valence-electron chi connectivity index (χ4n) is 2.42. The van der Waals surface area contributed by atoms with E-state index in [0.29, 0.717) is 11.7 Å². The molecule has 1 N–H and O–H groups in total. The van der Waals surface area contributed by atoms with E-state index in [4.69, 9.17) is 0 Å². The second kappa shape index (κ2) is 8.14. The van der Waals surface area contributed by atoms with Gasteiger partial charge in [0.2, 0.25) is 5.91 Å². The van der Waals surface area contributed by atoms with Crippen LogP contribution in [0.25, 0.3) is 11.4 Å². The largest absolute Gasteiger partial charge is 0.351 e. The number of pyridine rings is 1. The SMILES string of the molecule is Cc1ccc(CNC(=O)[C@@H](C)Sc2nnc(-c3ccncc3)n2C)cc1. The van der Waals surface area contributed by atoms with Gasteiger partial charge < -0.3 is 9.88 Å². The number of nitrogens with one attached hydrogen (secondary N) is 1. The van der Waals surface area contributed by atoms with Gasteiger partial charge in [0, 0.05) is 31.5 Å². The maximum Gasteiger partial charge on any atom is 0.233 e. The van der Waals surface area contributed by atoms with Crippen molar-refractivity contribution in [3.05, 3.63) is 59.9 Å². The van der Waals surface area contributed by atoms with E-state index in [1.165, 1.54) is 17.3 Å². The summed E-state index contributed by atoms with van der Waals surface area (Å²) in [6.07, 6.45) is 3.44. The van der Waals surface area contributed by atoms with E-state index in [1.54, 1.807) is 12.4 Å². The number of hydrogen-bond acceptors (Lipinski definition) is 5. The molecule has 0 aliphatic carbocycles. The summed E-state index contributed by atoms with van der Waals surface area (Å²) in [6.45, 7) is 4.43. The molecule has 0 radical (unpaired) electrons. The Kier molecular flexibility index (Phi) is 5.68. The van der Waals surface area contributed by atoms with Crippen molar-refractivity contribution in [1.82, 2.24) is 25.1 Å². The summed E-state index contributed by atoms with van der Waals surface area (Å²) in [5, 5.41) is 11.9. The average Bonchev–Trinajstić information content (AvgIpc) is 3.02. The lowest BCUT2D eigenvalue weighted by molar-refractivity contribution is -0.120. The highest BCUT2D eigenvalue weighted by Crippen LogP contribution is 2.25. The molecule has 0 unspecified atom stereocenters. The van der Waals surface area contributed by atoms with Gasteiger partial charge in [-0.25, -0.2) is 0 Å². The van der Waals surface area contributed by atoms with Gasteiger partial charge >= 0.3 is 0 Å². The van der Waals surface area contributed by atoms with Crippen LogP contribution < -0.4 is 5.32 Å². The third-order valence-corrected chi connectivity index (χ3v) is 5.15. The van der Waals surface area contributed by atoms with Crippen LogP contribution in [0.15, 0.2) is 53.9 Å². The summed E-state index contributed by atoms with van der Waals surface area (Å²) >= 11 is 1.39. The molecule has 1 atom stereocenters. The lowest BCUT2D eigenvalue weighted by Gasteiger charge is -2.12. The molecule has 2 heterocycles. The molecule has 0 aliphatic rings. The fraction of sp³-hybridized carbons (Fsp3) is 0.263. The Hall–Kier alpha value is -2.67. The zero-order valence-electron chi connectivity index (χ0n) is 15.0. The maximum atomic E-state index is 12.4. The lowest BCUT2D eigenvalue weighted by Crippen LogP contribution is -2.30. The van der Waals surface area contributed by atoms with Crippen LogP contribution in [0.3, 0.4) is 0 Å². The molecule has 3 aromatic rings. The van der Waals surface area contributed by atoms with Gasteiger partial charge in [-0.1, -0.05) is 41.6 Å². The Balaban J connectivity index is 1.61. The highest BCUT2D eigenvalue weighted by Gasteiger charge is 2.19. The van der Waals surface area contributed by atoms with E-state index in [0.717, 1.165) is 17.0 Å². The number of hydrogen-bond donors (Lipinski definition) is 1. The maximum absolute atomic E-state index is 12.4. The van der Waals surface area contributed by atoms with Crippen molar-refractivity contribution in [2.24, 2.45) is 7.05 Å². The smallest absolute Gasteiger partial charge is 0.233 e. The van der Waals surface area contributed by atoms with Gasteiger partial charge in [-0.3, -0.25) is 9.78 Å². The third-order valence-electron chi connectivity index (χ3n) is 4.01. The molecule has 1 aromatic carbocycles. The summed E-state index contributed by atoms with van der Waals surface area (Å²) in [5.74, 6) is 0.728. The standard InChI is InChI=1S/C19H21N5OS/c1-13-4-6-15(7-5-13)12-21-18(25)14(2)26-19-23-22-17(24(19)3)16-8-10-20-11-9-16/h4-11,14H,12H2,1-3H3,(H,21,25)/t14-/m1/s1. The Morgan fingerprint density at radius 3 is 2.54 bits per heavy atom. The Bertz CT molecular complexity index is 877. The Morgan fingerprint density at radius 1 is 1.15 bits per heavy atom. The van der Waals surface area contributed by atoms with Gasteiger partial charge in [0.15, 0.2) is 11.0 Å². The van der Waals surface area contributed by atoms with Crippen molar-refractivity contribution >= 4 is 17.7 Å². The number of amides is 1. The van der Waals surface area contributed by atoms with Crippen LogP contribution in [0.4, 0.5) is 0 Å². The van der Waals surface area contributed by atoms with E-state index < -0.39 is 0 Å². The van der Waals surface area contributed by atoms with Crippen LogP contribution in [-0.2, 0) is 18.4 Å². The van der Waals surface area contributed by atoms with Crippen molar-refractivity contribution in [1.29, 1.82) is 0 Å². The second-order valence-electron chi connectivity index (χ2n) is 6.06. The quantitative estimate of drug-likeness (QED) is 0.678. The van der Waals surface area contributed by atoms with Crippen LogP contribution in [0.5, 0.6) is 0 Å². The van der Waals surface area contributed by atoms with Crippen molar-refractivity contribution < 1.29 is 4.79 Å². The van der Waals surface area contributed by atoms with Crippen LogP contribution >= 0.6 is 11.8 Å². The molecule has 2 aromatic heterocycles.